The van der Waals surface area contributed by atoms with Crippen LogP contribution < -0.4 is 9.64 Å². The lowest BCUT2D eigenvalue weighted by molar-refractivity contribution is -0.142. The van der Waals surface area contributed by atoms with E-state index in [0.29, 0.717) is 32.7 Å². The Labute approximate surface area is 202 Å². The molecule has 3 rings (SSSR count). The van der Waals surface area contributed by atoms with Crippen LogP contribution in [0.15, 0.2) is 36.4 Å². The van der Waals surface area contributed by atoms with E-state index in [9.17, 15) is 9.59 Å². The molecule has 184 valence electrons. The normalized spacial score (nSPS) is 14.0. The number of likely N-dealkylation sites (N-methyl/N-ethyl adjacent to an activating group) is 1. The molecule has 1 aromatic heterocycles. The highest BCUT2D eigenvalue weighted by atomic mass is 16.5. The van der Waals surface area contributed by atoms with Gasteiger partial charge >= 0.3 is 0 Å². The van der Waals surface area contributed by atoms with Crippen molar-refractivity contribution in [3.8, 4) is 17.0 Å². The number of nitrogens with zero attached hydrogens (tertiary/aromatic N) is 6. The van der Waals surface area contributed by atoms with Gasteiger partial charge in [0.15, 0.2) is 5.82 Å². The van der Waals surface area contributed by atoms with Gasteiger partial charge in [0.25, 0.3) is 0 Å². The van der Waals surface area contributed by atoms with E-state index >= 15 is 0 Å². The highest BCUT2D eigenvalue weighted by molar-refractivity contribution is 5.85. The van der Waals surface area contributed by atoms with Crippen molar-refractivity contribution in [2.75, 3.05) is 71.9 Å². The molecule has 0 unspecified atom stereocenters. The number of hydrogen-bond donors (Lipinski definition) is 0. The van der Waals surface area contributed by atoms with Crippen LogP contribution in [-0.2, 0) is 9.59 Å². The fraction of sp³-hybridized carbons (Fsp3) is 0.520. The van der Waals surface area contributed by atoms with Gasteiger partial charge in [0.05, 0.1) is 19.3 Å². The number of anilines is 1. The van der Waals surface area contributed by atoms with Crippen LogP contribution in [0.1, 0.15) is 13.8 Å². The number of rotatable bonds is 9. The fourth-order valence-corrected chi connectivity index (χ4v) is 3.83. The quantitative estimate of drug-likeness (QED) is 0.555. The molecule has 1 aliphatic heterocycles. The first kappa shape index (κ1) is 25.4. The van der Waals surface area contributed by atoms with Crippen molar-refractivity contribution in [3.63, 3.8) is 0 Å². The van der Waals surface area contributed by atoms with Crippen LogP contribution in [0.5, 0.6) is 5.75 Å². The fourth-order valence-electron chi connectivity index (χ4n) is 3.83. The van der Waals surface area contributed by atoms with Crippen LogP contribution in [0.3, 0.4) is 0 Å². The van der Waals surface area contributed by atoms with E-state index in [4.69, 9.17) is 4.74 Å². The zero-order valence-corrected chi connectivity index (χ0v) is 20.9. The Bertz CT molecular complexity index is 955. The summed E-state index contributed by atoms with van der Waals surface area (Å²) < 4.78 is 5.28. The van der Waals surface area contributed by atoms with Gasteiger partial charge in [-0.25, -0.2) is 0 Å². The molecule has 2 amide bonds. The molecule has 9 nitrogen and oxygen atoms in total. The minimum absolute atomic E-state index is 0.00753. The summed E-state index contributed by atoms with van der Waals surface area (Å²) in [6, 6.07) is 11.6. The SMILES string of the molecule is COc1cccc(-c2ccc(N3CCN(C(=O)CN(CCN(C)C)C(=O)C(C)C)CC3)nn2)c1. The maximum absolute atomic E-state index is 12.9. The second-order valence-corrected chi connectivity index (χ2v) is 9.09. The highest BCUT2D eigenvalue weighted by Gasteiger charge is 2.26. The molecule has 0 saturated carbocycles. The molecule has 0 bridgehead atoms. The van der Waals surface area contributed by atoms with Crippen LogP contribution in [0, 0.1) is 5.92 Å². The third-order valence-electron chi connectivity index (χ3n) is 5.92. The number of benzene rings is 1. The summed E-state index contributed by atoms with van der Waals surface area (Å²) in [7, 11) is 5.57. The zero-order valence-electron chi connectivity index (χ0n) is 20.9. The second kappa shape index (κ2) is 11.8. The van der Waals surface area contributed by atoms with Crippen molar-refractivity contribution in [1.29, 1.82) is 0 Å². The van der Waals surface area contributed by atoms with Gasteiger partial charge < -0.3 is 24.3 Å². The van der Waals surface area contributed by atoms with Gasteiger partial charge in [-0.05, 0) is 38.4 Å². The summed E-state index contributed by atoms with van der Waals surface area (Å²) in [6.07, 6.45) is 0. The molecule has 0 radical (unpaired) electrons. The summed E-state index contributed by atoms with van der Waals surface area (Å²) >= 11 is 0. The molecule has 0 spiro atoms. The van der Waals surface area contributed by atoms with E-state index in [0.717, 1.165) is 29.4 Å². The van der Waals surface area contributed by atoms with Gasteiger partial charge in [0, 0.05) is 50.7 Å². The van der Waals surface area contributed by atoms with Crippen LogP contribution in [0.2, 0.25) is 0 Å². The number of carbonyl (C=O) groups is 2. The average Bonchev–Trinajstić information content (AvgIpc) is 2.86. The minimum Gasteiger partial charge on any atom is -0.497 e. The van der Waals surface area contributed by atoms with E-state index in [1.807, 2.05) is 74.1 Å². The van der Waals surface area contributed by atoms with E-state index < -0.39 is 0 Å². The monoisotopic (exact) mass is 468 g/mol. The second-order valence-electron chi connectivity index (χ2n) is 9.09. The number of methoxy groups -OCH3 is 1. The molecule has 1 fully saturated rings. The maximum Gasteiger partial charge on any atom is 0.242 e. The number of carbonyl (C=O) groups excluding carboxylic acids is 2. The van der Waals surface area contributed by atoms with Crippen LogP contribution in [0.25, 0.3) is 11.3 Å². The summed E-state index contributed by atoms with van der Waals surface area (Å²) in [5.74, 6) is 1.44. The molecule has 1 aliphatic rings. The molecule has 0 aliphatic carbocycles. The van der Waals surface area contributed by atoms with E-state index in [1.54, 1.807) is 12.0 Å². The van der Waals surface area contributed by atoms with Crippen LogP contribution in [-0.4, -0.2) is 104 Å². The zero-order chi connectivity index (χ0) is 24.7. The lowest BCUT2D eigenvalue weighted by Crippen LogP contribution is -2.53. The Balaban J connectivity index is 1.56. The Morgan fingerprint density at radius 2 is 1.76 bits per heavy atom. The van der Waals surface area contributed by atoms with Crippen molar-refractivity contribution in [2.45, 2.75) is 13.8 Å². The Kier molecular flexibility index (Phi) is 8.81. The molecular weight excluding hydrogens is 432 g/mol. The van der Waals surface area contributed by atoms with Gasteiger partial charge in [-0.3, -0.25) is 9.59 Å². The first-order chi connectivity index (χ1) is 16.3. The lowest BCUT2D eigenvalue weighted by atomic mass is 10.1. The Morgan fingerprint density at radius 3 is 2.35 bits per heavy atom. The number of amides is 2. The summed E-state index contributed by atoms with van der Waals surface area (Å²) in [5, 5.41) is 8.80. The predicted octanol–water partition coefficient (Wildman–Crippen LogP) is 1.85. The van der Waals surface area contributed by atoms with E-state index in [-0.39, 0.29) is 24.3 Å². The molecule has 0 atom stereocenters. The lowest BCUT2D eigenvalue weighted by Gasteiger charge is -2.36. The Morgan fingerprint density at radius 1 is 1.03 bits per heavy atom. The number of ether oxygens (including phenoxy) is 1. The third kappa shape index (κ3) is 6.66. The number of piperazine rings is 1. The van der Waals surface area contributed by atoms with Gasteiger partial charge in [0.2, 0.25) is 11.8 Å². The van der Waals surface area contributed by atoms with Gasteiger partial charge in [-0.2, -0.15) is 0 Å². The van der Waals surface area contributed by atoms with Gasteiger partial charge in [-0.1, -0.05) is 26.0 Å². The number of hydrogen-bond acceptors (Lipinski definition) is 7. The van der Waals surface area contributed by atoms with Crippen molar-refractivity contribution in [1.82, 2.24) is 24.9 Å². The molecule has 34 heavy (non-hydrogen) atoms. The smallest absolute Gasteiger partial charge is 0.242 e. The van der Waals surface area contributed by atoms with Gasteiger partial charge in [0.1, 0.15) is 5.75 Å². The first-order valence-corrected chi connectivity index (χ1v) is 11.7. The average molecular weight is 469 g/mol. The highest BCUT2D eigenvalue weighted by Crippen LogP contribution is 2.23. The molecule has 1 saturated heterocycles. The van der Waals surface area contributed by atoms with E-state index in [1.165, 1.54) is 0 Å². The van der Waals surface area contributed by atoms with Crippen LogP contribution in [0.4, 0.5) is 5.82 Å². The topological polar surface area (TPSA) is 82.1 Å². The Hall–Kier alpha value is -3.20. The largest absolute Gasteiger partial charge is 0.497 e. The summed E-state index contributed by atoms with van der Waals surface area (Å²) in [6.45, 7) is 7.67. The van der Waals surface area contributed by atoms with Crippen molar-refractivity contribution >= 4 is 17.6 Å². The molecular formula is C25H36N6O3. The maximum atomic E-state index is 12.9. The minimum atomic E-state index is -0.134. The van der Waals surface area contributed by atoms with E-state index in [2.05, 4.69) is 15.1 Å². The predicted molar refractivity (Wildman–Crippen MR) is 133 cm³/mol. The molecule has 2 heterocycles. The van der Waals surface area contributed by atoms with Gasteiger partial charge in [-0.15, -0.1) is 10.2 Å². The van der Waals surface area contributed by atoms with Crippen molar-refractivity contribution < 1.29 is 14.3 Å². The first-order valence-electron chi connectivity index (χ1n) is 11.7. The van der Waals surface area contributed by atoms with Crippen molar-refractivity contribution in [2.24, 2.45) is 5.92 Å². The molecule has 1 aromatic carbocycles. The number of aromatic nitrogens is 2. The molecule has 2 aromatic rings. The van der Waals surface area contributed by atoms with Crippen LogP contribution >= 0.6 is 0 Å². The third-order valence-corrected chi connectivity index (χ3v) is 5.92. The van der Waals surface area contributed by atoms with Crippen molar-refractivity contribution in [3.05, 3.63) is 36.4 Å². The molecule has 0 N–H and O–H groups in total. The molecule has 9 heteroatoms. The standard InChI is InChI=1S/C25H36N6O3/c1-19(2)25(33)31(12-11-28(3)4)18-24(32)30-15-13-29(14-16-30)23-10-9-22(26-27-23)20-7-6-8-21(17-20)34-5/h6-10,17,19H,11-16,18H2,1-5H3. The summed E-state index contributed by atoms with van der Waals surface area (Å²) in [4.78, 5) is 33.2. The summed E-state index contributed by atoms with van der Waals surface area (Å²) in [5.41, 5.74) is 1.73.